The molecule has 0 radical (unpaired) electrons. The molecule has 0 spiro atoms. The van der Waals surface area contributed by atoms with E-state index in [-0.39, 0.29) is 0 Å². The van der Waals surface area contributed by atoms with Crippen molar-refractivity contribution in [2.45, 2.75) is 77.1 Å². The van der Waals surface area contributed by atoms with E-state index in [1.54, 1.807) is 7.11 Å². The number of piperidine rings is 1. The number of fused-ring (bicyclic) bond motifs is 2. The van der Waals surface area contributed by atoms with Gasteiger partial charge < -0.3 is 9.64 Å². The third-order valence-electron chi connectivity index (χ3n) is 5.18. The Morgan fingerprint density at radius 2 is 2.00 bits per heavy atom. The van der Waals surface area contributed by atoms with Gasteiger partial charge in [0.1, 0.15) is 0 Å². The van der Waals surface area contributed by atoms with E-state index in [0.29, 0.717) is 30.5 Å². The molecule has 1 unspecified atom stereocenters. The predicted molar refractivity (Wildman–Crippen MR) is 84.6 cm³/mol. The molecule has 22 heavy (non-hydrogen) atoms. The molecule has 2 fully saturated rings. The number of rotatable bonds is 5. The number of aryl methyl sites for hydroxylation is 3. The molecule has 2 bridgehead atoms. The van der Waals surface area contributed by atoms with Crippen LogP contribution in [0, 0.1) is 13.8 Å². The van der Waals surface area contributed by atoms with Gasteiger partial charge >= 0.3 is 0 Å². The monoisotopic (exact) mass is 305 g/mol. The first kappa shape index (κ1) is 15.5. The Kier molecular flexibility index (Phi) is 4.52. The number of aromatic nitrogens is 2. The predicted octanol–water partition coefficient (Wildman–Crippen LogP) is 2.45. The van der Waals surface area contributed by atoms with Crippen LogP contribution in [0.5, 0.6) is 0 Å². The lowest BCUT2D eigenvalue weighted by Gasteiger charge is -2.38. The molecular weight excluding hydrogens is 278 g/mol. The van der Waals surface area contributed by atoms with Crippen molar-refractivity contribution in [1.29, 1.82) is 0 Å². The van der Waals surface area contributed by atoms with E-state index >= 15 is 0 Å². The fourth-order valence-electron chi connectivity index (χ4n) is 4.14. The largest absolute Gasteiger partial charge is 0.381 e. The number of hydrogen-bond donors (Lipinski definition) is 0. The summed E-state index contributed by atoms with van der Waals surface area (Å²) in [6, 6.07) is 2.90. The highest BCUT2D eigenvalue weighted by Crippen LogP contribution is 2.37. The summed E-state index contributed by atoms with van der Waals surface area (Å²) in [5.41, 5.74) is 2.22. The van der Waals surface area contributed by atoms with E-state index in [4.69, 9.17) is 4.74 Å². The maximum Gasteiger partial charge on any atom is 0.223 e. The summed E-state index contributed by atoms with van der Waals surface area (Å²) in [5, 5.41) is 4.46. The lowest BCUT2D eigenvalue weighted by Crippen LogP contribution is -2.48. The van der Waals surface area contributed by atoms with Crippen LogP contribution in [0.1, 0.15) is 49.9 Å². The van der Waals surface area contributed by atoms with Crippen molar-refractivity contribution in [2.75, 3.05) is 7.11 Å². The molecule has 3 rings (SSSR count). The molecule has 122 valence electrons. The maximum absolute atomic E-state index is 12.6. The maximum atomic E-state index is 12.6. The zero-order chi connectivity index (χ0) is 15.7. The van der Waals surface area contributed by atoms with E-state index in [9.17, 15) is 4.79 Å². The first-order valence-corrected chi connectivity index (χ1v) is 8.43. The highest BCUT2D eigenvalue weighted by atomic mass is 16.5. The van der Waals surface area contributed by atoms with Gasteiger partial charge in [-0.15, -0.1) is 0 Å². The van der Waals surface area contributed by atoms with Gasteiger partial charge in [-0.1, -0.05) is 0 Å². The molecule has 1 aromatic heterocycles. The summed E-state index contributed by atoms with van der Waals surface area (Å²) in [4.78, 5) is 14.8. The van der Waals surface area contributed by atoms with Crippen LogP contribution < -0.4 is 0 Å². The zero-order valence-electron chi connectivity index (χ0n) is 13.9. The molecule has 0 N–H and O–H groups in total. The van der Waals surface area contributed by atoms with Crippen LogP contribution in [0.2, 0.25) is 0 Å². The Bertz CT molecular complexity index is 526. The lowest BCUT2D eigenvalue weighted by atomic mass is 9.99. The topological polar surface area (TPSA) is 47.4 Å². The number of carbonyl (C=O) groups excluding carboxylic acids is 1. The number of carbonyl (C=O) groups is 1. The number of hydrogen-bond acceptors (Lipinski definition) is 3. The van der Waals surface area contributed by atoms with Crippen molar-refractivity contribution in [2.24, 2.45) is 0 Å². The lowest BCUT2D eigenvalue weighted by molar-refractivity contribution is -0.138. The number of nitrogens with zero attached hydrogens (tertiary/aromatic N) is 3. The van der Waals surface area contributed by atoms with E-state index in [0.717, 1.165) is 44.3 Å². The normalized spacial score (nSPS) is 27.4. The third-order valence-corrected chi connectivity index (χ3v) is 5.18. The Morgan fingerprint density at radius 3 is 2.55 bits per heavy atom. The molecule has 2 aliphatic heterocycles. The second-order valence-electron chi connectivity index (χ2n) is 6.77. The molecule has 3 heterocycles. The van der Waals surface area contributed by atoms with Gasteiger partial charge in [-0.3, -0.25) is 9.48 Å². The molecule has 5 nitrogen and oxygen atoms in total. The van der Waals surface area contributed by atoms with Gasteiger partial charge in [0.25, 0.3) is 0 Å². The van der Waals surface area contributed by atoms with Crippen molar-refractivity contribution in [3.8, 4) is 0 Å². The highest BCUT2D eigenvalue weighted by molar-refractivity contribution is 5.77. The van der Waals surface area contributed by atoms with Crippen molar-refractivity contribution in [3.05, 3.63) is 17.5 Å². The van der Waals surface area contributed by atoms with Gasteiger partial charge in [-0.25, -0.2) is 0 Å². The van der Waals surface area contributed by atoms with Crippen LogP contribution >= 0.6 is 0 Å². The van der Waals surface area contributed by atoms with Crippen LogP contribution in [-0.4, -0.2) is 45.9 Å². The summed E-state index contributed by atoms with van der Waals surface area (Å²) >= 11 is 0. The van der Waals surface area contributed by atoms with Crippen molar-refractivity contribution in [3.63, 3.8) is 0 Å². The van der Waals surface area contributed by atoms with E-state index < -0.39 is 0 Å². The second kappa shape index (κ2) is 6.41. The van der Waals surface area contributed by atoms with Gasteiger partial charge in [0.15, 0.2) is 0 Å². The molecule has 5 heteroatoms. The fraction of sp³-hybridized carbons (Fsp3) is 0.765. The number of amides is 1. The van der Waals surface area contributed by atoms with E-state index in [1.807, 2.05) is 11.6 Å². The first-order valence-electron chi connectivity index (χ1n) is 8.43. The minimum atomic E-state index is 0.323. The third kappa shape index (κ3) is 3.05. The number of methoxy groups -OCH3 is 1. The summed E-state index contributed by atoms with van der Waals surface area (Å²) in [6.07, 6.45) is 6.15. The van der Waals surface area contributed by atoms with Crippen LogP contribution in [-0.2, 0) is 16.1 Å². The molecular formula is C17H27N3O2. The highest BCUT2D eigenvalue weighted by Gasteiger charge is 2.42. The van der Waals surface area contributed by atoms with Crippen molar-refractivity contribution >= 4 is 5.91 Å². The van der Waals surface area contributed by atoms with E-state index in [1.165, 1.54) is 5.69 Å². The molecule has 0 aromatic carbocycles. The van der Waals surface area contributed by atoms with Crippen LogP contribution in [0.4, 0.5) is 0 Å². The Balaban J connectivity index is 1.51. The zero-order valence-corrected chi connectivity index (χ0v) is 13.9. The number of ether oxygens (including phenoxy) is 1. The minimum absolute atomic E-state index is 0.323. The van der Waals surface area contributed by atoms with Crippen LogP contribution in [0.15, 0.2) is 6.07 Å². The summed E-state index contributed by atoms with van der Waals surface area (Å²) < 4.78 is 7.51. The van der Waals surface area contributed by atoms with E-state index in [2.05, 4.69) is 23.0 Å². The quantitative estimate of drug-likeness (QED) is 0.839. The van der Waals surface area contributed by atoms with Crippen molar-refractivity contribution in [1.82, 2.24) is 14.7 Å². The minimum Gasteiger partial charge on any atom is -0.381 e. The van der Waals surface area contributed by atoms with Gasteiger partial charge in [0.2, 0.25) is 5.91 Å². The molecule has 3 atom stereocenters. The Labute approximate surface area is 132 Å². The molecule has 0 saturated carbocycles. The Hall–Kier alpha value is -1.36. The second-order valence-corrected chi connectivity index (χ2v) is 6.77. The Morgan fingerprint density at radius 1 is 1.32 bits per heavy atom. The van der Waals surface area contributed by atoms with Gasteiger partial charge in [-0.2, -0.15) is 5.10 Å². The summed E-state index contributed by atoms with van der Waals surface area (Å²) in [6.45, 7) is 4.90. The SMILES string of the molecule is COC1C[C@H]2CC[C@@H](C1)N2C(=O)CCCn1nc(C)cc1C. The molecule has 2 aliphatic rings. The molecule has 2 saturated heterocycles. The van der Waals surface area contributed by atoms with Crippen molar-refractivity contribution < 1.29 is 9.53 Å². The molecule has 1 aromatic rings. The van der Waals surface area contributed by atoms with Gasteiger partial charge in [0, 0.05) is 37.9 Å². The summed E-state index contributed by atoms with van der Waals surface area (Å²) in [7, 11) is 1.79. The average molecular weight is 305 g/mol. The van der Waals surface area contributed by atoms with Gasteiger partial charge in [-0.05, 0) is 52.0 Å². The molecule has 1 amide bonds. The smallest absolute Gasteiger partial charge is 0.223 e. The standard InChI is InChI=1S/C17H27N3O2/c1-12-9-13(2)19(18-12)8-4-5-17(21)20-14-6-7-15(20)11-16(10-14)22-3/h9,14-16H,4-8,10-11H2,1-3H3/t14-,15+,16?. The van der Waals surface area contributed by atoms with Gasteiger partial charge in [0.05, 0.1) is 11.8 Å². The average Bonchev–Trinajstić information content (AvgIpc) is 2.94. The first-order chi connectivity index (χ1) is 10.6. The summed E-state index contributed by atoms with van der Waals surface area (Å²) in [5.74, 6) is 0.323. The fourth-order valence-corrected chi connectivity index (χ4v) is 4.14. The van der Waals surface area contributed by atoms with Crippen LogP contribution in [0.3, 0.4) is 0 Å². The van der Waals surface area contributed by atoms with Crippen LogP contribution in [0.25, 0.3) is 0 Å². The molecule has 0 aliphatic carbocycles.